The van der Waals surface area contributed by atoms with Gasteiger partial charge in [0.2, 0.25) is 0 Å². The largest absolute Gasteiger partial charge is 0.501 e. The fraction of sp³-hybridized carbons (Fsp3) is 0.278. The Kier molecular flexibility index (Phi) is 5.46. The molecular weight excluding hydrogens is 425 g/mol. The van der Waals surface area contributed by atoms with E-state index in [1.807, 2.05) is 0 Å². The van der Waals surface area contributed by atoms with Gasteiger partial charge in [0.1, 0.15) is 6.04 Å². The number of urea groups is 1. The minimum atomic E-state index is -5.53. The fourth-order valence-corrected chi connectivity index (χ4v) is 3.79. The van der Waals surface area contributed by atoms with E-state index in [1.165, 1.54) is 11.8 Å². The van der Waals surface area contributed by atoms with Crippen LogP contribution in [0.1, 0.15) is 12.5 Å². The Morgan fingerprint density at radius 1 is 1.13 bits per heavy atom. The van der Waals surface area contributed by atoms with Crippen LogP contribution >= 0.6 is 0 Å². The lowest BCUT2D eigenvalue weighted by Crippen LogP contribution is -2.33. The van der Waals surface area contributed by atoms with Gasteiger partial charge in [-0.1, -0.05) is 0 Å². The molecule has 1 aliphatic rings. The first-order chi connectivity index (χ1) is 14.0. The molecule has 1 unspecified atom stereocenters. The number of aromatic nitrogens is 1. The highest BCUT2D eigenvalue weighted by Gasteiger charge is 2.47. The number of hydrogen-bond acceptors (Lipinski definition) is 6. The van der Waals surface area contributed by atoms with Crippen molar-refractivity contribution in [3.63, 3.8) is 0 Å². The molecule has 1 fully saturated rings. The van der Waals surface area contributed by atoms with Crippen molar-refractivity contribution in [1.82, 2.24) is 9.88 Å². The maximum atomic E-state index is 12.9. The number of hydrogen-bond donors (Lipinski definition) is 1. The van der Waals surface area contributed by atoms with Crippen molar-refractivity contribution < 1.29 is 31.2 Å². The van der Waals surface area contributed by atoms with E-state index < -0.39 is 38.2 Å². The van der Waals surface area contributed by atoms with Crippen molar-refractivity contribution in [3.05, 3.63) is 48.3 Å². The molecule has 1 aromatic heterocycles. The summed E-state index contributed by atoms with van der Waals surface area (Å²) in [5.74, 6) is -0.577. The van der Waals surface area contributed by atoms with Crippen LogP contribution in [0.15, 0.2) is 47.6 Å². The van der Waals surface area contributed by atoms with E-state index in [0.717, 1.165) is 17.0 Å². The molecule has 2 heterocycles. The maximum absolute atomic E-state index is 12.9. The Morgan fingerprint density at radius 2 is 1.77 bits per heavy atom. The first-order valence-corrected chi connectivity index (χ1v) is 10.1. The summed E-state index contributed by atoms with van der Waals surface area (Å²) in [6, 6.07) is 3.62. The van der Waals surface area contributed by atoms with E-state index in [0.29, 0.717) is 23.4 Å². The van der Waals surface area contributed by atoms with Crippen LogP contribution < -0.4 is 10.2 Å². The van der Waals surface area contributed by atoms with Gasteiger partial charge in [-0.3, -0.25) is 9.78 Å². The summed E-state index contributed by atoms with van der Waals surface area (Å²) in [5.41, 5.74) is -4.09. The van der Waals surface area contributed by atoms with Gasteiger partial charge in [-0.2, -0.15) is 13.2 Å². The van der Waals surface area contributed by atoms with Crippen molar-refractivity contribution >= 4 is 33.2 Å². The van der Waals surface area contributed by atoms with Crippen molar-refractivity contribution in [3.8, 4) is 0 Å². The molecule has 160 valence electrons. The number of nitrogens with zero attached hydrogens (tertiary/aromatic N) is 3. The van der Waals surface area contributed by atoms with Crippen LogP contribution in [-0.4, -0.2) is 48.8 Å². The fourth-order valence-electron chi connectivity index (χ4n) is 3.03. The summed E-state index contributed by atoms with van der Waals surface area (Å²) in [6.45, 7) is 1.63. The lowest BCUT2D eigenvalue weighted by Gasteiger charge is -2.21. The molecule has 2 aromatic rings. The van der Waals surface area contributed by atoms with E-state index in [4.69, 9.17) is 0 Å². The highest BCUT2D eigenvalue weighted by molar-refractivity contribution is 7.92. The zero-order valence-electron chi connectivity index (χ0n) is 15.8. The lowest BCUT2D eigenvalue weighted by atomic mass is 10.2. The number of carbonyl (C=O) groups is 2. The number of rotatable bonds is 5. The Hall–Kier alpha value is -3.15. The Morgan fingerprint density at radius 3 is 2.33 bits per heavy atom. The number of nitrogens with one attached hydrogen (secondary N) is 1. The van der Waals surface area contributed by atoms with Crippen molar-refractivity contribution in [2.45, 2.75) is 29.9 Å². The minimum absolute atomic E-state index is 0.0240. The Labute approximate surface area is 170 Å². The average Bonchev–Trinajstić information content (AvgIpc) is 2.91. The van der Waals surface area contributed by atoms with Crippen LogP contribution in [-0.2, 0) is 21.2 Å². The summed E-state index contributed by atoms with van der Waals surface area (Å²) >= 11 is 0. The first-order valence-electron chi connectivity index (χ1n) is 8.65. The molecule has 0 bridgehead atoms. The molecule has 12 heteroatoms. The quantitative estimate of drug-likeness (QED) is 0.715. The Balaban J connectivity index is 1.89. The number of amides is 3. The first kappa shape index (κ1) is 21.6. The van der Waals surface area contributed by atoms with Crippen LogP contribution in [0.25, 0.3) is 0 Å². The molecule has 0 spiro atoms. The standard InChI is InChI=1S/C18H17F3N4O4S/c1-11-16(26)25(13-3-5-14(6-4-13)30(28,29)18(19,20)21)17(27)24(11)10-12-7-8-23-9-15(12)22-2/h3-9,11,22H,10H2,1-2H3. The zero-order valence-corrected chi connectivity index (χ0v) is 16.7. The van der Waals surface area contributed by atoms with Crippen LogP contribution in [0.4, 0.5) is 29.3 Å². The smallest absolute Gasteiger partial charge is 0.387 e. The molecule has 3 amide bonds. The summed E-state index contributed by atoms with van der Waals surface area (Å²) in [7, 11) is -3.84. The summed E-state index contributed by atoms with van der Waals surface area (Å²) < 4.78 is 61.1. The number of alkyl halides is 3. The van der Waals surface area contributed by atoms with E-state index >= 15 is 0 Å². The summed E-state index contributed by atoms with van der Waals surface area (Å²) in [5, 5.41) is 2.94. The number of imide groups is 1. The van der Waals surface area contributed by atoms with Gasteiger partial charge in [-0.15, -0.1) is 0 Å². The van der Waals surface area contributed by atoms with Gasteiger partial charge in [0.05, 0.1) is 29.0 Å². The van der Waals surface area contributed by atoms with Crippen LogP contribution in [0, 0.1) is 0 Å². The lowest BCUT2D eigenvalue weighted by molar-refractivity contribution is -0.119. The van der Waals surface area contributed by atoms with E-state index in [2.05, 4.69) is 10.3 Å². The molecule has 1 N–H and O–H groups in total. The second-order valence-electron chi connectivity index (χ2n) is 6.49. The number of halogens is 3. The molecule has 0 radical (unpaired) electrons. The predicted molar refractivity (Wildman–Crippen MR) is 101 cm³/mol. The van der Waals surface area contributed by atoms with E-state index in [-0.39, 0.29) is 12.2 Å². The highest BCUT2D eigenvalue weighted by Crippen LogP contribution is 2.33. The summed E-state index contributed by atoms with van der Waals surface area (Å²) in [4.78, 5) is 30.6. The molecule has 1 aliphatic heterocycles. The monoisotopic (exact) mass is 442 g/mol. The predicted octanol–water partition coefficient (Wildman–Crippen LogP) is 2.77. The van der Waals surface area contributed by atoms with Crippen molar-refractivity contribution in [2.75, 3.05) is 17.3 Å². The maximum Gasteiger partial charge on any atom is 0.501 e. The van der Waals surface area contributed by atoms with Crippen LogP contribution in [0.3, 0.4) is 0 Å². The third-order valence-corrected chi connectivity index (χ3v) is 6.22. The van der Waals surface area contributed by atoms with Crippen LogP contribution in [0.5, 0.6) is 0 Å². The van der Waals surface area contributed by atoms with Gasteiger partial charge in [-0.05, 0) is 42.8 Å². The van der Waals surface area contributed by atoms with E-state index in [1.54, 1.807) is 25.5 Å². The van der Waals surface area contributed by atoms with Crippen molar-refractivity contribution in [1.29, 1.82) is 0 Å². The van der Waals surface area contributed by atoms with Gasteiger partial charge in [0.15, 0.2) is 0 Å². The van der Waals surface area contributed by atoms with Gasteiger partial charge in [-0.25, -0.2) is 18.1 Å². The number of pyridine rings is 1. The highest BCUT2D eigenvalue weighted by atomic mass is 32.2. The topological polar surface area (TPSA) is 99.7 Å². The van der Waals surface area contributed by atoms with Gasteiger partial charge in [0.25, 0.3) is 15.7 Å². The summed E-state index contributed by atoms with van der Waals surface area (Å²) in [6.07, 6.45) is 3.11. The van der Waals surface area contributed by atoms with Crippen molar-refractivity contribution in [2.24, 2.45) is 0 Å². The number of anilines is 2. The van der Waals surface area contributed by atoms with Gasteiger partial charge in [0, 0.05) is 13.2 Å². The second kappa shape index (κ2) is 7.59. The zero-order chi connectivity index (χ0) is 22.3. The third-order valence-electron chi connectivity index (χ3n) is 4.71. The SMILES string of the molecule is CNc1cnccc1CN1C(=O)N(c2ccc(S(=O)(=O)C(F)(F)F)cc2)C(=O)C1C. The van der Waals surface area contributed by atoms with Crippen LogP contribution in [0.2, 0.25) is 0 Å². The molecule has 0 aliphatic carbocycles. The molecule has 0 saturated carbocycles. The van der Waals surface area contributed by atoms with Gasteiger partial charge >= 0.3 is 11.5 Å². The normalized spacial score (nSPS) is 17.6. The van der Waals surface area contributed by atoms with E-state index in [9.17, 15) is 31.2 Å². The molecule has 1 aromatic carbocycles. The second-order valence-corrected chi connectivity index (χ2v) is 8.43. The van der Waals surface area contributed by atoms with Gasteiger partial charge < -0.3 is 10.2 Å². The molecule has 30 heavy (non-hydrogen) atoms. The minimum Gasteiger partial charge on any atom is -0.387 e. The Bertz CT molecular complexity index is 1090. The third kappa shape index (κ3) is 3.58. The molecule has 3 rings (SSSR count). The number of sulfone groups is 1. The number of benzene rings is 1. The molecule has 8 nitrogen and oxygen atoms in total. The molecule has 1 atom stereocenters. The average molecular weight is 442 g/mol. The number of carbonyl (C=O) groups excluding carboxylic acids is 2. The molecular formula is C18H17F3N4O4S. The molecule has 1 saturated heterocycles.